The van der Waals surface area contributed by atoms with Crippen LogP contribution in [0.25, 0.3) is 6.08 Å². The lowest BCUT2D eigenvalue weighted by Crippen LogP contribution is -2.70. The van der Waals surface area contributed by atoms with Crippen LogP contribution >= 0.6 is 0 Å². The predicted molar refractivity (Wildman–Crippen MR) is 140 cm³/mol. The number of halogens is 2. The van der Waals surface area contributed by atoms with E-state index in [4.69, 9.17) is 0 Å². The quantitative estimate of drug-likeness (QED) is 0.636. The number of hydrogen-bond acceptors (Lipinski definition) is 3. The Labute approximate surface area is 221 Å². The molecule has 38 heavy (non-hydrogen) atoms. The van der Waals surface area contributed by atoms with Gasteiger partial charge >= 0.3 is 0 Å². The van der Waals surface area contributed by atoms with E-state index in [2.05, 4.69) is 34.9 Å². The molecule has 5 nitrogen and oxygen atoms in total. The zero-order chi connectivity index (χ0) is 26.3. The Kier molecular flexibility index (Phi) is 5.06. The van der Waals surface area contributed by atoms with Crippen molar-refractivity contribution < 1.29 is 18.4 Å². The second-order valence-corrected chi connectivity index (χ2v) is 12.0. The van der Waals surface area contributed by atoms with Crippen LogP contribution in [-0.4, -0.2) is 35.3 Å². The molecule has 7 rings (SSSR count). The van der Waals surface area contributed by atoms with Crippen LogP contribution in [-0.2, 0) is 28.0 Å². The molecule has 2 aliphatic heterocycles. The smallest absolute Gasteiger partial charge is 0.243 e. The molecule has 2 amide bonds. The Morgan fingerprint density at radius 2 is 1.76 bits per heavy atom. The van der Waals surface area contributed by atoms with Gasteiger partial charge in [-0.05, 0) is 67.0 Å². The van der Waals surface area contributed by atoms with Gasteiger partial charge in [-0.3, -0.25) is 9.59 Å². The van der Waals surface area contributed by atoms with E-state index in [-0.39, 0.29) is 23.1 Å². The number of rotatable bonds is 4. The first-order valence-electron chi connectivity index (χ1n) is 13.6. The Bertz CT molecular complexity index is 1420. The highest BCUT2D eigenvalue weighted by Crippen LogP contribution is 2.55. The summed E-state index contributed by atoms with van der Waals surface area (Å²) in [6.07, 6.45) is 11.1. The number of piperazine rings is 1. The molecule has 5 aliphatic rings. The van der Waals surface area contributed by atoms with E-state index in [1.807, 2.05) is 19.1 Å². The molecule has 2 unspecified atom stereocenters. The number of hydrogen-bond donors (Lipinski definition) is 2. The maximum Gasteiger partial charge on any atom is 0.243 e. The van der Waals surface area contributed by atoms with Crippen molar-refractivity contribution in [3.63, 3.8) is 0 Å². The molecule has 2 spiro atoms. The molecule has 7 heteroatoms. The van der Waals surface area contributed by atoms with Crippen LogP contribution in [0.15, 0.2) is 54.2 Å². The summed E-state index contributed by atoms with van der Waals surface area (Å²) in [6, 6.07) is 9.84. The van der Waals surface area contributed by atoms with Gasteiger partial charge in [0.05, 0.1) is 16.5 Å². The van der Waals surface area contributed by atoms with E-state index in [1.165, 1.54) is 23.3 Å². The SMILES string of the molecule is C[C@@]1(c2cc(F)cc(F)c2)CNC2(CCCC2)C(=O)N1C/C=C/c1ccc2c(c1)CC1(C2)C(=O)NC2=CC21. The van der Waals surface area contributed by atoms with Crippen LogP contribution in [0, 0.1) is 23.0 Å². The van der Waals surface area contributed by atoms with Crippen LogP contribution in [0.5, 0.6) is 0 Å². The largest absolute Gasteiger partial charge is 0.329 e. The molecule has 0 bridgehead atoms. The summed E-state index contributed by atoms with van der Waals surface area (Å²) >= 11 is 0. The molecule has 0 aromatic heterocycles. The zero-order valence-electron chi connectivity index (χ0n) is 21.4. The minimum atomic E-state index is -0.896. The topological polar surface area (TPSA) is 61.4 Å². The summed E-state index contributed by atoms with van der Waals surface area (Å²) in [5.74, 6) is -0.905. The minimum absolute atomic E-state index is 0.00560. The number of amides is 2. The summed E-state index contributed by atoms with van der Waals surface area (Å²) in [5, 5.41) is 6.49. The zero-order valence-corrected chi connectivity index (χ0v) is 21.4. The average molecular weight is 516 g/mol. The third-order valence-electron chi connectivity index (χ3n) is 9.68. The van der Waals surface area contributed by atoms with Crippen LogP contribution < -0.4 is 10.6 Å². The van der Waals surface area contributed by atoms with Crippen molar-refractivity contribution in [2.75, 3.05) is 13.1 Å². The van der Waals surface area contributed by atoms with Gasteiger partial charge in [-0.1, -0.05) is 49.3 Å². The Morgan fingerprint density at radius 3 is 2.47 bits per heavy atom. The first-order chi connectivity index (χ1) is 18.2. The summed E-state index contributed by atoms with van der Waals surface area (Å²) in [4.78, 5) is 28.4. The number of fused-ring (bicyclic) bond motifs is 3. The molecule has 2 saturated heterocycles. The summed E-state index contributed by atoms with van der Waals surface area (Å²) in [5.41, 5.74) is 3.11. The number of nitrogens with zero attached hydrogens (tertiary/aromatic N) is 1. The monoisotopic (exact) mass is 515 g/mol. The van der Waals surface area contributed by atoms with E-state index in [9.17, 15) is 18.4 Å². The molecule has 3 aliphatic carbocycles. The number of benzene rings is 2. The van der Waals surface area contributed by atoms with Crippen LogP contribution in [0.2, 0.25) is 0 Å². The number of nitrogens with one attached hydrogen (secondary N) is 2. The van der Waals surface area contributed by atoms with E-state index in [1.54, 1.807) is 4.90 Å². The molecule has 196 valence electrons. The van der Waals surface area contributed by atoms with Gasteiger partial charge in [-0.25, -0.2) is 8.78 Å². The number of carbonyl (C=O) groups excluding carboxylic acids is 2. The predicted octanol–water partition coefficient (Wildman–Crippen LogP) is 4.37. The fraction of sp³-hybridized carbons (Fsp3) is 0.419. The molecule has 2 aromatic rings. The highest BCUT2D eigenvalue weighted by Gasteiger charge is 2.60. The van der Waals surface area contributed by atoms with Crippen LogP contribution in [0.1, 0.15) is 54.9 Å². The maximum atomic E-state index is 14.2. The van der Waals surface area contributed by atoms with Crippen molar-refractivity contribution in [3.05, 3.63) is 88.1 Å². The van der Waals surface area contributed by atoms with E-state index in [0.717, 1.165) is 55.9 Å². The molecule has 0 radical (unpaired) electrons. The van der Waals surface area contributed by atoms with E-state index < -0.39 is 22.7 Å². The third-order valence-corrected chi connectivity index (χ3v) is 9.68. The number of carbonyl (C=O) groups is 2. The minimum Gasteiger partial charge on any atom is -0.329 e. The van der Waals surface area contributed by atoms with Crippen molar-refractivity contribution in [2.45, 2.75) is 56.5 Å². The maximum absolute atomic E-state index is 14.2. The fourth-order valence-electron chi connectivity index (χ4n) is 7.38. The average Bonchev–Trinajstić information content (AvgIpc) is 3.22. The lowest BCUT2D eigenvalue weighted by Gasteiger charge is -2.51. The molecular formula is C31H31F2N3O2. The molecule has 2 heterocycles. The van der Waals surface area contributed by atoms with Crippen LogP contribution in [0.3, 0.4) is 0 Å². The normalized spacial score (nSPS) is 30.8. The summed E-state index contributed by atoms with van der Waals surface area (Å²) in [6.45, 7) is 2.63. The first-order valence-corrected chi connectivity index (χ1v) is 13.6. The molecular weight excluding hydrogens is 484 g/mol. The standard InChI is InChI=1S/C31H31F2N3O2/c1-29(22-12-23(32)14-24(33)13-22)18-34-31(8-2-3-9-31)28(38)36(29)10-4-5-19-6-7-20-16-30(17-21(20)11-19)25-15-26(25)35-27(30)37/h4-7,11-15,25,34H,2-3,8-10,16-18H2,1H3,(H,35,37)/b5-4+/t25?,29-,30?/m0/s1. The molecule has 3 atom stereocenters. The third kappa shape index (κ3) is 3.44. The van der Waals surface area contributed by atoms with Crippen molar-refractivity contribution in [3.8, 4) is 0 Å². The Morgan fingerprint density at radius 1 is 1.03 bits per heavy atom. The van der Waals surface area contributed by atoms with Gasteiger partial charge in [-0.15, -0.1) is 0 Å². The van der Waals surface area contributed by atoms with Crippen molar-refractivity contribution in [1.29, 1.82) is 0 Å². The number of allylic oxidation sites excluding steroid dienone is 2. The van der Waals surface area contributed by atoms with E-state index in [0.29, 0.717) is 18.7 Å². The van der Waals surface area contributed by atoms with Gasteiger partial charge in [0.25, 0.3) is 0 Å². The fourth-order valence-corrected chi connectivity index (χ4v) is 7.38. The first kappa shape index (κ1) is 23.8. The van der Waals surface area contributed by atoms with Gasteiger partial charge in [0.1, 0.15) is 11.6 Å². The van der Waals surface area contributed by atoms with Crippen molar-refractivity contribution in [2.24, 2.45) is 11.3 Å². The molecule has 2 aromatic carbocycles. The molecule has 2 N–H and O–H groups in total. The lowest BCUT2D eigenvalue weighted by molar-refractivity contribution is -0.149. The Hall–Kier alpha value is -3.32. The lowest BCUT2D eigenvalue weighted by atomic mass is 9.79. The van der Waals surface area contributed by atoms with Crippen molar-refractivity contribution >= 4 is 17.9 Å². The van der Waals surface area contributed by atoms with Crippen LogP contribution in [0.4, 0.5) is 8.78 Å². The van der Waals surface area contributed by atoms with Gasteiger partial charge in [0.15, 0.2) is 0 Å². The van der Waals surface area contributed by atoms with Gasteiger partial charge in [-0.2, -0.15) is 0 Å². The molecule has 3 fully saturated rings. The van der Waals surface area contributed by atoms with Gasteiger partial charge < -0.3 is 15.5 Å². The second-order valence-electron chi connectivity index (χ2n) is 12.0. The second kappa shape index (κ2) is 8.09. The highest BCUT2D eigenvalue weighted by atomic mass is 19.1. The Balaban J connectivity index is 1.15. The highest BCUT2D eigenvalue weighted by molar-refractivity contribution is 5.93. The van der Waals surface area contributed by atoms with Crippen molar-refractivity contribution in [1.82, 2.24) is 15.5 Å². The van der Waals surface area contributed by atoms with Gasteiger partial charge in [0.2, 0.25) is 11.8 Å². The van der Waals surface area contributed by atoms with E-state index >= 15 is 0 Å². The van der Waals surface area contributed by atoms with Gasteiger partial charge in [0, 0.05) is 30.8 Å². The summed E-state index contributed by atoms with van der Waals surface area (Å²) < 4.78 is 28.4. The summed E-state index contributed by atoms with van der Waals surface area (Å²) in [7, 11) is 0. The molecule has 1 saturated carbocycles.